The van der Waals surface area contributed by atoms with Gasteiger partial charge in [0.05, 0.1) is 6.61 Å². The van der Waals surface area contributed by atoms with E-state index in [4.69, 9.17) is 9.84 Å². The van der Waals surface area contributed by atoms with Crippen molar-refractivity contribution in [3.63, 3.8) is 0 Å². The van der Waals surface area contributed by atoms with Gasteiger partial charge in [-0.2, -0.15) is 0 Å². The lowest BCUT2D eigenvalue weighted by molar-refractivity contribution is 0.281. The lowest BCUT2D eigenvalue weighted by atomic mass is 9.87. The summed E-state index contributed by atoms with van der Waals surface area (Å²) in [5.74, 6) is 1.62. The van der Waals surface area contributed by atoms with Crippen LogP contribution in [0.4, 0.5) is 0 Å². The normalized spacial score (nSPS) is 11.4. The summed E-state index contributed by atoms with van der Waals surface area (Å²) in [4.78, 5) is 0. The van der Waals surface area contributed by atoms with Crippen LogP contribution in [-0.2, 0) is 12.0 Å². The molecule has 106 valence electrons. The summed E-state index contributed by atoms with van der Waals surface area (Å²) >= 11 is 0. The van der Waals surface area contributed by atoms with E-state index in [-0.39, 0.29) is 12.0 Å². The Morgan fingerprint density at radius 2 is 1.55 bits per heavy atom. The minimum absolute atomic E-state index is 0.0619. The monoisotopic (exact) mass is 270 g/mol. The molecule has 2 heteroatoms. The van der Waals surface area contributed by atoms with E-state index in [1.807, 2.05) is 37.3 Å². The van der Waals surface area contributed by atoms with E-state index in [1.165, 1.54) is 5.56 Å². The minimum Gasteiger partial charge on any atom is -0.457 e. The summed E-state index contributed by atoms with van der Waals surface area (Å²) in [6.07, 6.45) is 0. The van der Waals surface area contributed by atoms with E-state index in [0.29, 0.717) is 0 Å². The number of hydrogen-bond acceptors (Lipinski definition) is 2. The van der Waals surface area contributed by atoms with Crippen LogP contribution in [0.5, 0.6) is 11.5 Å². The molecule has 0 heterocycles. The maximum atomic E-state index is 9.16. The van der Waals surface area contributed by atoms with Crippen molar-refractivity contribution in [3.8, 4) is 11.5 Å². The number of benzene rings is 2. The van der Waals surface area contributed by atoms with Gasteiger partial charge < -0.3 is 9.84 Å². The van der Waals surface area contributed by atoms with E-state index in [1.54, 1.807) is 0 Å². The second kappa shape index (κ2) is 5.68. The highest BCUT2D eigenvalue weighted by Gasteiger charge is 2.13. The van der Waals surface area contributed by atoms with Gasteiger partial charge in [0.15, 0.2) is 0 Å². The fraction of sp³-hybridized carbons (Fsp3) is 0.333. The lowest BCUT2D eigenvalue weighted by Crippen LogP contribution is -2.10. The molecule has 1 N–H and O–H groups in total. The molecule has 2 aromatic carbocycles. The topological polar surface area (TPSA) is 29.5 Å². The van der Waals surface area contributed by atoms with Crippen LogP contribution >= 0.6 is 0 Å². The summed E-state index contributed by atoms with van der Waals surface area (Å²) in [5, 5.41) is 9.16. The summed E-state index contributed by atoms with van der Waals surface area (Å²) in [6, 6.07) is 13.9. The number of aryl methyl sites for hydroxylation is 1. The van der Waals surface area contributed by atoms with Gasteiger partial charge in [-0.1, -0.05) is 39.0 Å². The van der Waals surface area contributed by atoms with Gasteiger partial charge in [0.25, 0.3) is 0 Å². The number of ether oxygens (including phenoxy) is 1. The number of aliphatic hydroxyl groups is 1. The van der Waals surface area contributed by atoms with Crippen molar-refractivity contribution in [3.05, 3.63) is 59.2 Å². The van der Waals surface area contributed by atoms with Crippen LogP contribution in [0.2, 0.25) is 0 Å². The Labute approximate surface area is 121 Å². The summed E-state index contributed by atoms with van der Waals surface area (Å²) in [5.41, 5.74) is 3.41. The zero-order valence-electron chi connectivity index (χ0n) is 12.6. The molecule has 0 bridgehead atoms. The maximum absolute atomic E-state index is 9.16. The predicted octanol–water partition coefficient (Wildman–Crippen LogP) is 4.58. The van der Waals surface area contributed by atoms with Crippen LogP contribution < -0.4 is 4.74 Å². The van der Waals surface area contributed by atoms with Gasteiger partial charge in [0.1, 0.15) is 11.5 Å². The van der Waals surface area contributed by atoms with Crippen molar-refractivity contribution < 1.29 is 9.84 Å². The number of aliphatic hydroxyl groups excluding tert-OH is 1. The van der Waals surface area contributed by atoms with Gasteiger partial charge >= 0.3 is 0 Å². The van der Waals surface area contributed by atoms with Crippen LogP contribution in [-0.4, -0.2) is 5.11 Å². The maximum Gasteiger partial charge on any atom is 0.127 e. The molecule has 0 saturated heterocycles. The van der Waals surface area contributed by atoms with Gasteiger partial charge in [-0.3, -0.25) is 0 Å². The highest BCUT2D eigenvalue weighted by atomic mass is 16.5. The van der Waals surface area contributed by atoms with Gasteiger partial charge in [0.2, 0.25) is 0 Å². The van der Waals surface area contributed by atoms with Gasteiger partial charge in [-0.05, 0) is 53.3 Å². The second-order valence-electron chi connectivity index (χ2n) is 6.12. The Hall–Kier alpha value is -1.80. The number of rotatable bonds is 3. The first-order valence-electron chi connectivity index (χ1n) is 6.89. The molecule has 0 saturated carbocycles. The third-order valence-electron chi connectivity index (χ3n) is 3.44. The Kier molecular flexibility index (Phi) is 4.15. The third-order valence-corrected chi connectivity index (χ3v) is 3.44. The predicted molar refractivity (Wildman–Crippen MR) is 82.3 cm³/mol. The minimum atomic E-state index is 0.0619. The van der Waals surface area contributed by atoms with Gasteiger partial charge in [-0.25, -0.2) is 0 Å². The standard InChI is InChI=1S/C18H22O2/c1-13-11-17(8-5-14(13)12-19)20-16-9-6-15(7-10-16)18(2,3)4/h5-11,19H,12H2,1-4H3. The number of hydrogen-bond donors (Lipinski definition) is 1. The van der Waals surface area contributed by atoms with Crippen LogP contribution in [0.1, 0.15) is 37.5 Å². The van der Waals surface area contributed by atoms with E-state index >= 15 is 0 Å². The van der Waals surface area contributed by atoms with E-state index < -0.39 is 0 Å². The first kappa shape index (κ1) is 14.6. The zero-order chi connectivity index (χ0) is 14.8. The summed E-state index contributed by atoms with van der Waals surface area (Å²) in [6.45, 7) is 8.62. The van der Waals surface area contributed by atoms with E-state index in [2.05, 4.69) is 32.9 Å². The lowest BCUT2D eigenvalue weighted by Gasteiger charge is -2.19. The third kappa shape index (κ3) is 3.40. The molecule has 0 aliphatic rings. The van der Waals surface area contributed by atoms with Crippen molar-refractivity contribution in [1.82, 2.24) is 0 Å². The molecule has 20 heavy (non-hydrogen) atoms. The molecule has 0 unspecified atom stereocenters. The molecule has 2 aromatic rings. The van der Waals surface area contributed by atoms with Crippen LogP contribution in [0, 0.1) is 6.92 Å². The molecular weight excluding hydrogens is 248 g/mol. The first-order chi connectivity index (χ1) is 9.40. The Balaban J connectivity index is 2.16. The highest BCUT2D eigenvalue weighted by molar-refractivity contribution is 5.39. The van der Waals surface area contributed by atoms with E-state index in [9.17, 15) is 0 Å². The molecule has 0 aliphatic heterocycles. The molecule has 2 rings (SSSR count). The molecular formula is C18H22O2. The molecule has 0 fully saturated rings. The van der Waals surface area contributed by atoms with Crippen molar-refractivity contribution in [2.45, 2.75) is 39.7 Å². The average molecular weight is 270 g/mol. The Morgan fingerprint density at radius 3 is 2.05 bits per heavy atom. The van der Waals surface area contributed by atoms with Crippen molar-refractivity contribution in [2.75, 3.05) is 0 Å². The average Bonchev–Trinajstić information content (AvgIpc) is 2.38. The quantitative estimate of drug-likeness (QED) is 0.884. The van der Waals surface area contributed by atoms with Crippen LogP contribution in [0.3, 0.4) is 0 Å². The largest absolute Gasteiger partial charge is 0.457 e. The fourth-order valence-electron chi connectivity index (χ4n) is 2.07. The first-order valence-corrected chi connectivity index (χ1v) is 6.89. The van der Waals surface area contributed by atoms with E-state index in [0.717, 1.165) is 22.6 Å². The van der Waals surface area contributed by atoms with Crippen LogP contribution in [0.15, 0.2) is 42.5 Å². The molecule has 2 nitrogen and oxygen atoms in total. The van der Waals surface area contributed by atoms with Crippen molar-refractivity contribution in [1.29, 1.82) is 0 Å². The molecule has 0 radical (unpaired) electrons. The Morgan fingerprint density at radius 1 is 0.950 bits per heavy atom. The van der Waals surface area contributed by atoms with Crippen molar-refractivity contribution in [2.24, 2.45) is 0 Å². The highest BCUT2D eigenvalue weighted by Crippen LogP contribution is 2.27. The zero-order valence-corrected chi connectivity index (χ0v) is 12.6. The van der Waals surface area contributed by atoms with Gasteiger partial charge in [0, 0.05) is 0 Å². The Bertz CT molecular complexity index is 577. The summed E-state index contributed by atoms with van der Waals surface area (Å²) in [7, 11) is 0. The second-order valence-corrected chi connectivity index (χ2v) is 6.12. The summed E-state index contributed by atoms with van der Waals surface area (Å²) < 4.78 is 5.84. The molecule has 0 spiro atoms. The SMILES string of the molecule is Cc1cc(Oc2ccc(C(C)(C)C)cc2)ccc1CO. The molecule has 0 amide bonds. The smallest absolute Gasteiger partial charge is 0.127 e. The van der Waals surface area contributed by atoms with Gasteiger partial charge in [-0.15, -0.1) is 0 Å². The molecule has 0 atom stereocenters. The molecule has 0 aliphatic carbocycles. The van der Waals surface area contributed by atoms with Crippen LogP contribution in [0.25, 0.3) is 0 Å². The van der Waals surface area contributed by atoms with Crippen molar-refractivity contribution >= 4 is 0 Å². The fourth-order valence-corrected chi connectivity index (χ4v) is 2.07. The molecule has 0 aromatic heterocycles.